The summed E-state index contributed by atoms with van der Waals surface area (Å²) in [6.07, 6.45) is 0.916. The van der Waals surface area contributed by atoms with Gasteiger partial charge in [0, 0.05) is 5.56 Å². The predicted molar refractivity (Wildman–Crippen MR) is 97.1 cm³/mol. The van der Waals surface area contributed by atoms with Gasteiger partial charge in [-0.05, 0) is 38.0 Å². The molecule has 4 heteroatoms. The Balaban J connectivity index is 2.30. The molecule has 0 aliphatic carbocycles. The second kappa shape index (κ2) is 9.02. The van der Waals surface area contributed by atoms with Crippen molar-refractivity contribution in [1.29, 1.82) is 0 Å². The zero-order valence-electron chi connectivity index (χ0n) is 15.0. The number of Topliss-reactive ketones (excluding diaryl/α,β-unsaturated/α-hetero) is 1. The van der Waals surface area contributed by atoms with Gasteiger partial charge in [-0.1, -0.05) is 48.9 Å². The van der Waals surface area contributed by atoms with Gasteiger partial charge >= 0.3 is 5.97 Å². The smallest absolute Gasteiger partial charge is 0.321 e. The molecule has 0 aliphatic rings. The maximum Gasteiger partial charge on any atom is 0.321 e. The van der Waals surface area contributed by atoms with Crippen molar-refractivity contribution in [2.75, 3.05) is 13.2 Å². The van der Waals surface area contributed by atoms with Gasteiger partial charge in [0.1, 0.15) is 11.7 Å². The molecule has 0 saturated heterocycles. The number of ether oxygens (including phenoxy) is 2. The van der Waals surface area contributed by atoms with E-state index >= 15 is 0 Å². The summed E-state index contributed by atoms with van der Waals surface area (Å²) in [5.74, 6) is -1.05. The van der Waals surface area contributed by atoms with Crippen LogP contribution in [0.15, 0.2) is 48.5 Å². The number of carbonyl (C=O) groups excluding carboxylic acids is 2. The van der Waals surface area contributed by atoms with E-state index in [1.165, 1.54) is 0 Å². The maximum atomic E-state index is 12.9. The summed E-state index contributed by atoms with van der Waals surface area (Å²) in [7, 11) is 0. The van der Waals surface area contributed by atoms with E-state index in [9.17, 15) is 9.59 Å². The molecule has 1 atom stereocenters. The summed E-state index contributed by atoms with van der Waals surface area (Å²) in [6.45, 7) is 6.57. The van der Waals surface area contributed by atoms with Crippen LogP contribution in [0.1, 0.15) is 47.7 Å². The topological polar surface area (TPSA) is 52.6 Å². The molecule has 1 unspecified atom stereocenters. The molecule has 2 aromatic carbocycles. The quantitative estimate of drug-likeness (QED) is 0.408. The molecule has 0 bridgehead atoms. The minimum atomic E-state index is -0.970. The van der Waals surface area contributed by atoms with Crippen molar-refractivity contribution in [1.82, 2.24) is 0 Å². The van der Waals surface area contributed by atoms with Gasteiger partial charge in [-0.15, -0.1) is 0 Å². The fraction of sp³-hybridized carbons (Fsp3) is 0.333. The predicted octanol–water partition coefficient (Wildman–Crippen LogP) is 4.31. The van der Waals surface area contributed by atoms with Gasteiger partial charge in [0.25, 0.3) is 0 Å². The first-order valence-corrected chi connectivity index (χ1v) is 8.57. The average molecular weight is 340 g/mol. The normalized spacial score (nSPS) is 11.6. The molecule has 2 rings (SSSR count). The summed E-state index contributed by atoms with van der Waals surface area (Å²) < 4.78 is 10.7. The van der Waals surface area contributed by atoms with Crippen molar-refractivity contribution < 1.29 is 19.1 Å². The maximum absolute atomic E-state index is 12.9. The van der Waals surface area contributed by atoms with Crippen LogP contribution in [0.3, 0.4) is 0 Å². The highest BCUT2D eigenvalue weighted by Crippen LogP contribution is 2.25. The van der Waals surface area contributed by atoms with Gasteiger partial charge in [-0.25, -0.2) is 0 Å². The van der Waals surface area contributed by atoms with Gasteiger partial charge in [-0.3, -0.25) is 9.59 Å². The van der Waals surface area contributed by atoms with Crippen molar-refractivity contribution in [2.45, 2.75) is 33.1 Å². The first-order valence-electron chi connectivity index (χ1n) is 8.57. The number of ketones is 1. The van der Waals surface area contributed by atoms with E-state index in [0.29, 0.717) is 17.7 Å². The Morgan fingerprint density at radius 3 is 2.16 bits per heavy atom. The molecule has 0 N–H and O–H groups in total. The molecular formula is C21H24O4. The Bertz CT molecular complexity index is 702. The van der Waals surface area contributed by atoms with Crippen molar-refractivity contribution in [3.63, 3.8) is 0 Å². The third-order valence-corrected chi connectivity index (χ3v) is 3.81. The molecule has 0 heterocycles. The molecule has 0 amide bonds. The lowest BCUT2D eigenvalue weighted by molar-refractivity contribution is -0.143. The summed E-state index contributed by atoms with van der Waals surface area (Å²) >= 11 is 0. The van der Waals surface area contributed by atoms with Crippen LogP contribution in [0.2, 0.25) is 0 Å². The van der Waals surface area contributed by atoms with Crippen molar-refractivity contribution in [2.24, 2.45) is 0 Å². The fourth-order valence-corrected chi connectivity index (χ4v) is 2.48. The molecule has 0 aromatic heterocycles. The van der Waals surface area contributed by atoms with Crippen molar-refractivity contribution in [3.8, 4) is 5.75 Å². The van der Waals surface area contributed by atoms with Gasteiger partial charge in [0.05, 0.1) is 13.2 Å². The Kier molecular flexibility index (Phi) is 6.75. The summed E-state index contributed by atoms with van der Waals surface area (Å²) in [6, 6.07) is 14.2. The van der Waals surface area contributed by atoms with E-state index in [1.807, 2.05) is 26.0 Å². The molecule has 0 spiro atoms. The van der Waals surface area contributed by atoms with E-state index in [4.69, 9.17) is 9.47 Å². The van der Waals surface area contributed by atoms with Crippen LogP contribution in [0.25, 0.3) is 0 Å². The van der Waals surface area contributed by atoms with Gasteiger partial charge in [-0.2, -0.15) is 0 Å². The van der Waals surface area contributed by atoms with Gasteiger partial charge in [0.15, 0.2) is 5.78 Å². The van der Waals surface area contributed by atoms with Crippen molar-refractivity contribution >= 4 is 11.8 Å². The Morgan fingerprint density at radius 2 is 1.60 bits per heavy atom. The fourth-order valence-electron chi connectivity index (χ4n) is 2.48. The first-order chi connectivity index (χ1) is 12.1. The molecule has 0 saturated carbocycles. The van der Waals surface area contributed by atoms with Crippen LogP contribution in [-0.2, 0) is 9.53 Å². The van der Waals surface area contributed by atoms with Crippen molar-refractivity contribution in [3.05, 3.63) is 65.2 Å². The molecule has 25 heavy (non-hydrogen) atoms. The van der Waals surface area contributed by atoms with E-state index in [-0.39, 0.29) is 12.4 Å². The Morgan fingerprint density at radius 1 is 0.960 bits per heavy atom. The number of hydrogen-bond acceptors (Lipinski definition) is 4. The summed E-state index contributed by atoms with van der Waals surface area (Å²) in [4.78, 5) is 25.3. The standard InChI is InChI=1S/C21H24O4/c1-4-14-25-18-12-10-16(11-13-18)19(21(23)24-5-2)20(22)17-8-6-15(3)7-9-17/h6-13,19H,4-5,14H2,1-3H3. The highest BCUT2D eigenvalue weighted by Gasteiger charge is 2.30. The lowest BCUT2D eigenvalue weighted by atomic mass is 9.90. The number of benzene rings is 2. The highest BCUT2D eigenvalue weighted by atomic mass is 16.5. The molecule has 0 fully saturated rings. The molecular weight excluding hydrogens is 316 g/mol. The molecule has 132 valence electrons. The Labute approximate surface area is 148 Å². The van der Waals surface area contributed by atoms with Crippen LogP contribution in [0, 0.1) is 6.92 Å². The highest BCUT2D eigenvalue weighted by molar-refractivity contribution is 6.13. The minimum absolute atomic E-state index is 0.230. The lowest BCUT2D eigenvalue weighted by Crippen LogP contribution is -2.24. The zero-order chi connectivity index (χ0) is 18.2. The number of rotatable bonds is 8. The average Bonchev–Trinajstić information content (AvgIpc) is 2.62. The second-order valence-electron chi connectivity index (χ2n) is 5.83. The van der Waals surface area contributed by atoms with Crippen LogP contribution in [0.4, 0.5) is 0 Å². The minimum Gasteiger partial charge on any atom is -0.494 e. The van der Waals surface area contributed by atoms with Crippen LogP contribution < -0.4 is 4.74 Å². The summed E-state index contributed by atoms with van der Waals surface area (Å²) in [5, 5.41) is 0. The van der Waals surface area contributed by atoms with Crippen LogP contribution in [-0.4, -0.2) is 25.0 Å². The van der Waals surface area contributed by atoms with E-state index in [2.05, 4.69) is 0 Å². The third kappa shape index (κ3) is 4.92. The van der Waals surface area contributed by atoms with Crippen LogP contribution in [0.5, 0.6) is 5.75 Å². The van der Waals surface area contributed by atoms with E-state index in [0.717, 1.165) is 17.7 Å². The van der Waals surface area contributed by atoms with E-state index in [1.54, 1.807) is 43.3 Å². The number of hydrogen-bond donors (Lipinski definition) is 0. The first kappa shape index (κ1) is 18.7. The number of esters is 1. The largest absolute Gasteiger partial charge is 0.494 e. The monoisotopic (exact) mass is 340 g/mol. The molecule has 0 radical (unpaired) electrons. The molecule has 2 aromatic rings. The molecule has 4 nitrogen and oxygen atoms in total. The van der Waals surface area contributed by atoms with E-state index < -0.39 is 11.9 Å². The second-order valence-corrected chi connectivity index (χ2v) is 5.83. The van der Waals surface area contributed by atoms with Gasteiger partial charge < -0.3 is 9.47 Å². The number of aryl methyl sites for hydroxylation is 1. The van der Waals surface area contributed by atoms with Gasteiger partial charge in [0.2, 0.25) is 0 Å². The number of carbonyl (C=O) groups is 2. The third-order valence-electron chi connectivity index (χ3n) is 3.81. The zero-order valence-corrected chi connectivity index (χ0v) is 15.0. The van der Waals surface area contributed by atoms with Crippen LogP contribution >= 0.6 is 0 Å². The lowest BCUT2D eigenvalue weighted by Gasteiger charge is -2.16. The SMILES string of the molecule is CCCOc1ccc(C(C(=O)OCC)C(=O)c2ccc(C)cc2)cc1. The summed E-state index contributed by atoms with van der Waals surface area (Å²) in [5.41, 5.74) is 2.16. The molecule has 0 aliphatic heterocycles. The Hall–Kier alpha value is -2.62.